The highest BCUT2D eigenvalue weighted by atomic mass is 32.2. The highest BCUT2D eigenvalue weighted by Gasteiger charge is 2.33. The molecule has 1 aliphatic heterocycles. The van der Waals surface area contributed by atoms with E-state index in [1.54, 1.807) is 5.38 Å². The Morgan fingerprint density at radius 3 is 2.39 bits per heavy atom. The van der Waals surface area contributed by atoms with Crippen LogP contribution < -0.4 is 15.4 Å². The molecule has 2 aromatic heterocycles. The van der Waals surface area contributed by atoms with Gasteiger partial charge in [0.2, 0.25) is 0 Å². The fourth-order valence-electron chi connectivity index (χ4n) is 3.91. The number of anilines is 3. The highest BCUT2D eigenvalue weighted by molar-refractivity contribution is 7.91. The molecule has 1 saturated heterocycles. The van der Waals surface area contributed by atoms with Crippen molar-refractivity contribution >= 4 is 50.4 Å². The number of methoxy groups -OCH3 is 1. The summed E-state index contributed by atoms with van der Waals surface area (Å²) in [7, 11) is -2.10. The molecule has 0 spiro atoms. The predicted octanol–water partition coefficient (Wildman–Crippen LogP) is 5.34. The Bertz CT molecular complexity index is 1180. The van der Waals surface area contributed by atoms with Gasteiger partial charge in [0.05, 0.1) is 30.6 Å². The molecule has 0 amide bonds. The summed E-state index contributed by atoms with van der Waals surface area (Å²) in [4.78, 5) is 0. The molecule has 8 nitrogen and oxygen atoms in total. The molecule has 0 bridgehead atoms. The van der Waals surface area contributed by atoms with Crippen molar-refractivity contribution in [3.05, 3.63) is 41.3 Å². The molecule has 33 heavy (non-hydrogen) atoms. The van der Waals surface area contributed by atoms with E-state index in [1.807, 2.05) is 18.2 Å². The number of nitrogens with one attached hydrogen (secondary N) is 2. The molecular weight excluding hydrogens is 478 g/mol. The van der Waals surface area contributed by atoms with E-state index < -0.39 is 10.0 Å². The highest BCUT2D eigenvalue weighted by Crippen LogP contribution is 2.43. The lowest BCUT2D eigenvalue weighted by atomic mass is 9.82. The maximum absolute atomic E-state index is 13.1. The quantitative estimate of drug-likeness (QED) is 0.425. The number of ether oxygens (including phenoxy) is 1. The maximum atomic E-state index is 13.1. The number of nitrogens with zero attached hydrogens (tertiary/aromatic N) is 3. The normalized spacial score (nSPS) is 16.0. The van der Waals surface area contributed by atoms with Gasteiger partial charge in [0.15, 0.2) is 21.6 Å². The molecule has 3 aromatic rings. The molecule has 0 unspecified atom stereocenters. The third kappa shape index (κ3) is 5.01. The van der Waals surface area contributed by atoms with Crippen LogP contribution in [0.1, 0.15) is 45.2 Å². The molecular formula is C22H29N5O3S3. The first-order valence-corrected chi connectivity index (χ1v) is 13.8. The summed E-state index contributed by atoms with van der Waals surface area (Å²) >= 11 is 2.25. The smallest absolute Gasteiger partial charge is 0.256 e. The summed E-state index contributed by atoms with van der Waals surface area (Å²) in [5.74, 6) is 1.45. The fraction of sp³-hybridized carbons (Fsp3) is 0.455. The summed E-state index contributed by atoms with van der Waals surface area (Å²) in [6.45, 7) is 7.60. The fourth-order valence-corrected chi connectivity index (χ4v) is 7.42. The molecule has 178 valence electrons. The number of thiophene rings is 1. The van der Waals surface area contributed by atoms with Crippen LogP contribution in [0.5, 0.6) is 5.75 Å². The van der Waals surface area contributed by atoms with Crippen LogP contribution in [0.25, 0.3) is 0 Å². The minimum Gasteiger partial charge on any atom is -0.492 e. The van der Waals surface area contributed by atoms with Crippen molar-refractivity contribution in [2.75, 3.05) is 30.8 Å². The monoisotopic (exact) mass is 507 g/mol. The number of sulfonamides is 1. The zero-order chi connectivity index (χ0) is 23.6. The number of rotatable bonds is 8. The Hall–Kier alpha value is -2.21. The molecule has 0 saturated carbocycles. The van der Waals surface area contributed by atoms with E-state index in [2.05, 4.69) is 52.3 Å². The van der Waals surface area contributed by atoms with Gasteiger partial charge in [-0.15, -0.1) is 11.3 Å². The van der Waals surface area contributed by atoms with Crippen molar-refractivity contribution in [3.63, 3.8) is 0 Å². The first kappa shape index (κ1) is 23.9. The lowest BCUT2D eigenvalue weighted by Gasteiger charge is -2.32. The number of hydrogen-bond donors (Lipinski definition) is 2. The van der Waals surface area contributed by atoms with Gasteiger partial charge in [-0.3, -0.25) is 0 Å². The van der Waals surface area contributed by atoms with Gasteiger partial charge in [-0.2, -0.15) is 13.1 Å². The number of hydrogen-bond acceptors (Lipinski definition) is 9. The van der Waals surface area contributed by atoms with Crippen LogP contribution in [0.15, 0.2) is 39.9 Å². The lowest BCUT2D eigenvalue weighted by molar-refractivity contribution is 0.347. The Labute approximate surface area is 203 Å². The number of aromatic nitrogens is 2. The zero-order valence-corrected chi connectivity index (χ0v) is 21.6. The van der Waals surface area contributed by atoms with Crippen LogP contribution in [0, 0.1) is 5.41 Å². The molecule has 0 radical (unpaired) electrons. The molecule has 4 rings (SSSR count). The third-order valence-corrected chi connectivity index (χ3v) is 9.48. The van der Waals surface area contributed by atoms with E-state index in [0.717, 1.165) is 41.5 Å². The molecule has 2 N–H and O–H groups in total. The van der Waals surface area contributed by atoms with Gasteiger partial charge in [-0.1, -0.05) is 51.1 Å². The predicted molar refractivity (Wildman–Crippen MR) is 134 cm³/mol. The van der Waals surface area contributed by atoms with Gasteiger partial charge in [-0.25, -0.2) is 8.42 Å². The Kier molecular flexibility index (Phi) is 6.94. The zero-order valence-electron chi connectivity index (χ0n) is 19.2. The van der Waals surface area contributed by atoms with Gasteiger partial charge < -0.3 is 15.4 Å². The second-order valence-corrected chi connectivity index (χ2v) is 12.6. The van der Waals surface area contributed by atoms with Gasteiger partial charge in [0.25, 0.3) is 10.0 Å². The topological polar surface area (TPSA) is 96.5 Å². The summed E-state index contributed by atoms with van der Waals surface area (Å²) in [5, 5.41) is 8.53. The summed E-state index contributed by atoms with van der Waals surface area (Å²) in [6, 6.07) is 10.2. The molecule has 1 aliphatic rings. The minimum absolute atomic E-state index is 0.00127. The van der Waals surface area contributed by atoms with Crippen molar-refractivity contribution in [2.24, 2.45) is 5.41 Å². The average molecular weight is 508 g/mol. The van der Waals surface area contributed by atoms with Crippen LogP contribution in [0.2, 0.25) is 0 Å². The van der Waals surface area contributed by atoms with Crippen molar-refractivity contribution in [1.82, 2.24) is 13.1 Å². The van der Waals surface area contributed by atoms with Crippen molar-refractivity contribution in [3.8, 4) is 5.75 Å². The van der Waals surface area contributed by atoms with E-state index in [0.29, 0.717) is 36.2 Å². The van der Waals surface area contributed by atoms with Crippen LogP contribution in [0.3, 0.4) is 0 Å². The van der Waals surface area contributed by atoms with Crippen LogP contribution in [-0.2, 0) is 10.0 Å². The summed E-state index contributed by atoms with van der Waals surface area (Å²) in [6.07, 6.45) is 1.77. The van der Waals surface area contributed by atoms with Crippen molar-refractivity contribution < 1.29 is 13.2 Å². The third-order valence-electron chi connectivity index (χ3n) is 5.58. The van der Waals surface area contributed by atoms with E-state index in [4.69, 9.17) is 4.74 Å². The van der Waals surface area contributed by atoms with E-state index in [1.165, 1.54) is 11.4 Å². The van der Waals surface area contributed by atoms with Gasteiger partial charge >= 0.3 is 0 Å². The molecule has 1 aromatic carbocycles. The minimum atomic E-state index is -3.59. The maximum Gasteiger partial charge on any atom is 0.256 e. The average Bonchev–Trinajstić information content (AvgIpc) is 3.53. The molecule has 1 atom stereocenters. The van der Waals surface area contributed by atoms with Gasteiger partial charge in [-0.05, 0) is 23.8 Å². The van der Waals surface area contributed by atoms with Crippen LogP contribution in [-0.4, -0.2) is 41.7 Å². The number of benzene rings is 1. The van der Waals surface area contributed by atoms with E-state index >= 15 is 0 Å². The summed E-state index contributed by atoms with van der Waals surface area (Å²) < 4.78 is 42.3. The van der Waals surface area contributed by atoms with E-state index in [-0.39, 0.29) is 15.7 Å². The molecule has 11 heteroatoms. The Morgan fingerprint density at radius 2 is 1.76 bits per heavy atom. The molecule has 1 fully saturated rings. The van der Waals surface area contributed by atoms with Gasteiger partial charge in [0.1, 0.15) is 0 Å². The standard InChI is InChI=1S/C22H29N5O3S3/c1-22(2,3)18(15-10-6-5-7-11-15)24-20-19(25-32-26-20)23-16-14-31-21(17(16)30-4)33(28,29)27-12-8-9-13-27/h5-7,10-11,14,18H,8-9,12-13H2,1-4H3,(H,23,25)(H,24,26)/t18-/m0/s1. The second kappa shape index (κ2) is 9.57. The first-order valence-electron chi connectivity index (χ1n) is 10.8. The first-order chi connectivity index (χ1) is 15.7. The SMILES string of the molecule is COc1c(Nc2nsnc2N[C@@H](c2ccccc2)C(C)(C)C)csc1S(=O)(=O)N1CCCC1. The summed E-state index contributed by atoms with van der Waals surface area (Å²) in [5.41, 5.74) is 1.62. The molecule has 0 aliphatic carbocycles. The molecule has 3 heterocycles. The van der Waals surface area contributed by atoms with Crippen LogP contribution in [0.4, 0.5) is 17.3 Å². The van der Waals surface area contributed by atoms with Crippen molar-refractivity contribution in [1.29, 1.82) is 0 Å². The largest absolute Gasteiger partial charge is 0.492 e. The van der Waals surface area contributed by atoms with Gasteiger partial charge in [0, 0.05) is 18.5 Å². The second-order valence-electron chi connectivity index (χ2n) is 9.02. The Balaban J connectivity index is 1.61. The Morgan fingerprint density at radius 1 is 1.09 bits per heavy atom. The van der Waals surface area contributed by atoms with Crippen LogP contribution >= 0.6 is 23.1 Å². The van der Waals surface area contributed by atoms with E-state index in [9.17, 15) is 8.42 Å². The van der Waals surface area contributed by atoms with Crippen molar-refractivity contribution in [2.45, 2.75) is 43.9 Å². The lowest BCUT2D eigenvalue weighted by Crippen LogP contribution is -2.27.